The molecule has 0 bridgehead atoms. The zero-order valence-electron chi connectivity index (χ0n) is 16.7. The number of nitrogen functional groups attached to an aromatic ring is 1. The van der Waals surface area contributed by atoms with Crippen LogP contribution in [0.25, 0.3) is 0 Å². The maximum absolute atomic E-state index is 9.94. The molecule has 0 unspecified atom stereocenters. The van der Waals surface area contributed by atoms with E-state index in [0.29, 0.717) is 17.4 Å². The van der Waals surface area contributed by atoms with Crippen LogP contribution >= 0.6 is 0 Å². The number of fused-ring (bicyclic) bond motifs is 2. The highest BCUT2D eigenvalue weighted by atomic mass is 16.5. The van der Waals surface area contributed by atoms with Crippen LogP contribution in [0.4, 0.5) is 5.82 Å². The first-order valence-electron chi connectivity index (χ1n) is 10.2. The van der Waals surface area contributed by atoms with Crippen molar-refractivity contribution in [2.75, 3.05) is 38.6 Å². The Morgan fingerprint density at radius 3 is 2.73 bits per heavy atom. The highest BCUT2D eigenvalue weighted by molar-refractivity contribution is 5.62. The van der Waals surface area contributed by atoms with Crippen LogP contribution in [0.2, 0.25) is 0 Å². The first kappa shape index (κ1) is 18.8. The Morgan fingerprint density at radius 1 is 1.13 bits per heavy atom. The summed E-state index contributed by atoms with van der Waals surface area (Å²) in [7, 11) is 0. The standard InChI is InChI=1S/C23H24N4O3/c24-22-21-20(16-4-2-1-3-5-16)18-7-6-17(28)14-19(18)30-23(21)25-15-27(22)9-8-26-10-12-29-13-11-26/h1-7,14-15,20,24,28H,8-13H2/p+1/t20-/m0/s1. The van der Waals surface area contributed by atoms with E-state index in [0.717, 1.165) is 56.1 Å². The van der Waals surface area contributed by atoms with Crippen LogP contribution in [0, 0.1) is 0 Å². The molecule has 3 aromatic rings. The maximum atomic E-state index is 9.94. The predicted molar refractivity (Wildman–Crippen MR) is 112 cm³/mol. The largest absolute Gasteiger partial charge is 0.508 e. The number of phenols is 1. The van der Waals surface area contributed by atoms with Crippen molar-refractivity contribution in [1.82, 2.24) is 9.88 Å². The Hall–Kier alpha value is -3.16. The summed E-state index contributed by atoms with van der Waals surface area (Å²) in [5, 5.41) is 9.94. The lowest BCUT2D eigenvalue weighted by Crippen LogP contribution is -2.46. The molecule has 0 aliphatic carbocycles. The minimum atomic E-state index is -0.117. The van der Waals surface area contributed by atoms with Crippen molar-refractivity contribution in [3.05, 3.63) is 71.5 Å². The Labute approximate surface area is 175 Å². The number of ether oxygens (including phenoxy) is 2. The van der Waals surface area contributed by atoms with E-state index in [4.69, 9.17) is 15.2 Å². The molecule has 1 atom stereocenters. The quantitative estimate of drug-likeness (QED) is 0.507. The number of anilines is 1. The topological polar surface area (TPSA) is 84.7 Å². The summed E-state index contributed by atoms with van der Waals surface area (Å²) < 4.78 is 13.5. The number of benzene rings is 2. The molecule has 1 saturated heterocycles. The van der Waals surface area contributed by atoms with Gasteiger partial charge in [0.25, 0.3) is 0 Å². The number of aromatic nitrogens is 2. The number of aromatic hydroxyl groups is 1. The van der Waals surface area contributed by atoms with E-state index in [1.54, 1.807) is 18.5 Å². The number of nitrogens with zero attached hydrogens (tertiary/aromatic N) is 3. The third-order valence-electron chi connectivity index (χ3n) is 5.83. The van der Waals surface area contributed by atoms with Crippen molar-refractivity contribution < 1.29 is 19.1 Å². The molecule has 0 spiro atoms. The van der Waals surface area contributed by atoms with Crippen LogP contribution in [0.15, 0.2) is 54.9 Å². The molecular weight excluding hydrogens is 380 g/mol. The summed E-state index contributed by atoms with van der Waals surface area (Å²) >= 11 is 0. The van der Waals surface area contributed by atoms with Gasteiger partial charge in [-0.1, -0.05) is 41.4 Å². The van der Waals surface area contributed by atoms with Gasteiger partial charge in [0, 0.05) is 31.3 Å². The summed E-state index contributed by atoms with van der Waals surface area (Å²) in [6, 6.07) is 15.4. The number of hydrogen-bond donors (Lipinski definition) is 2. The lowest BCUT2D eigenvalue weighted by Gasteiger charge is -2.28. The molecule has 1 fully saturated rings. The predicted octanol–water partition coefficient (Wildman–Crippen LogP) is 2.28. The molecule has 30 heavy (non-hydrogen) atoms. The highest BCUT2D eigenvalue weighted by Gasteiger charge is 2.36. The average molecular weight is 405 g/mol. The molecule has 7 nitrogen and oxygen atoms in total. The van der Waals surface area contributed by atoms with Crippen LogP contribution in [0.3, 0.4) is 0 Å². The third kappa shape index (κ3) is 3.46. The molecular formula is C23H25N4O3+. The molecule has 0 amide bonds. The van der Waals surface area contributed by atoms with Crippen molar-refractivity contribution >= 4 is 5.82 Å². The van der Waals surface area contributed by atoms with Crippen molar-refractivity contribution in [2.45, 2.75) is 12.5 Å². The second-order valence-corrected chi connectivity index (χ2v) is 7.66. The van der Waals surface area contributed by atoms with Crippen LogP contribution in [-0.4, -0.2) is 47.8 Å². The zero-order chi connectivity index (χ0) is 20.5. The zero-order valence-corrected chi connectivity index (χ0v) is 16.7. The van der Waals surface area contributed by atoms with E-state index in [-0.39, 0.29) is 11.7 Å². The number of morpholine rings is 1. The van der Waals surface area contributed by atoms with E-state index in [1.165, 1.54) is 0 Å². The fourth-order valence-electron chi connectivity index (χ4n) is 4.22. The second kappa shape index (κ2) is 7.93. The van der Waals surface area contributed by atoms with Gasteiger partial charge in [-0.15, -0.1) is 0 Å². The van der Waals surface area contributed by atoms with Crippen LogP contribution < -0.4 is 15.0 Å². The van der Waals surface area contributed by atoms with E-state index < -0.39 is 0 Å². The summed E-state index contributed by atoms with van der Waals surface area (Å²) in [6.45, 7) is 5.05. The molecule has 5 rings (SSSR count). The minimum Gasteiger partial charge on any atom is -0.508 e. The molecule has 1 aromatic heterocycles. The van der Waals surface area contributed by atoms with Gasteiger partial charge >= 0.3 is 5.88 Å². The van der Waals surface area contributed by atoms with Crippen molar-refractivity contribution in [3.8, 4) is 17.4 Å². The van der Waals surface area contributed by atoms with Crippen molar-refractivity contribution in [3.63, 3.8) is 0 Å². The van der Waals surface area contributed by atoms with Crippen LogP contribution in [-0.2, 0) is 11.3 Å². The van der Waals surface area contributed by atoms with Gasteiger partial charge in [-0.05, 0) is 11.6 Å². The van der Waals surface area contributed by atoms with E-state index in [2.05, 4.69) is 22.0 Å². The third-order valence-corrected chi connectivity index (χ3v) is 5.83. The Morgan fingerprint density at radius 2 is 1.93 bits per heavy atom. The molecule has 2 aromatic carbocycles. The summed E-state index contributed by atoms with van der Waals surface area (Å²) in [6.07, 6.45) is 1.74. The van der Waals surface area contributed by atoms with Gasteiger partial charge in [-0.2, -0.15) is 0 Å². The average Bonchev–Trinajstić information content (AvgIpc) is 2.78. The SMILES string of the molecule is Nc1c2c(nc[n+]1CCN1CCOCC1)Oc1cc(O)ccc1[C@@H]2c1ccccc1. The molecule has 2 aliphatic rings. The van der Waals surface area contributed by atoms with Crippen LogP contribution in [0.1, 0.15) is 22.6 Å². The molecule has 154 valence electrons. The number of phenolic OH excluding ortho intramolecular Hbond substituents is 1. The van der Waals surface area contributed by atoms with Crippen molar-refractivity contribution in [2.24, 2.45) is 0 Å². The van der Waals surface area contributed by atoms with Crippen LogP contribution in [0.5, 0.6) is 17.4 Å². The van der Waals surface area contributed by atoms with Gasteiger partial charge in [0.05, 0.1) is 25.7 Å². The van der Waals surface area contributed by atoms with Gasteiger partial charge in [0.15, 0.2) is 0 Å². The van der Waals surface area contributed by atoms with Gasteiger partial charge in [0.2, 0.25) is 12.1 Å². The van der Waals surface area contributed by atoms with Crippen molar-refractivity contribution in [1.29, 1.82) is 0 Å². The highest BCUT2D eigenvalue weighted by Crippen LogP contribution is 2.48. The first-order valence-corrected chi connectivity index (χ1v) is 10.2. The smallest absolute Gasteiger partial charge is 0.306 e. The van der Waals surface area contributed by atoms with Gasteiger partial charge in [-0.25, -0.2) is 4.57 Å². The Kier molecular flexibility index (Phi) is 4.98. The number of hydrogen-bond acceptors (Lipinski definition) is 6. The summed E-state index contributed by atoms with van der Waals surface area (Å²) in [4.78, 5) is 6.96. The van der Waals surface area contributed by atoms with Gasteiger partial charge < -0.3 is 20.3 Å². The van der Waals surface area contributed by atoms with E-state index >= 15 is 0 Å². The molecule has 3 heterocycles. The van der Waals surface area contributed by atoms with E-state index in [1.807, 2.05) is 28.8 Å². The molecule has 7 heteroatoms. The summed E-state index contributed by atoms with van der Waals surface area (Å²) in [5.74, 6) is 1.79. The fraction of sp³-hybridized carbons (Fsp3) is 0.304. The van der Waals surface area contributed by atoms with Gasteiger partial charge in [-0.3, -0.25) is 4.90 Å². The number of nitrogens with two attached hydrogens (primary N) is 1. The Bertz CT molecular complexity index is 1050. The minimum absolute atomic E-state index is 0.117. The van der Waals surface area contributed by atoms with E-state index in [9.17, 15) is 5.11 Å². The normalized spacial score (nSPS) is 18.3. The fourth-order valence-corrected chi connectivity index (χ4v) is 4.22. The molecule has 0 radical (unpaired) electrons. The number of rotatable bonds is 4. The maximum Gasteiger partial charge on any atom is 0.306 e. The molecule has 3 N–H and O–H groups in total. The Balaban J connectivity index is 1.54. The first-order chi connectivity index (χ1) is 14.7. The van der Waals surface area contributed by atoms with Gasteiger partial charge in [0.1, 0.15) is 17.1 Å². The monoisotopic (exact) mass is 405 g/mol. The molecule has 2 aliphatic heterocycles. The second-order valence-electron chi connectivity index (χ2n) is 7.66. The lowest BCUT2D eigenvalue weighted by molar-refractivity contribution is -0.685. The lowest BCUT2D eigenvalue weighted by atomic mass is 9.83. The molecule has 0 saturated carbocycles. The summed E-state index contributed by atoms with van der Waals surface area (Å²) in [5.41, 5.74) is 9.62.